The fraction of sp³-hybridized carbons (Fsp3) is 0.167. The van der Waals surface area contributed by atoms with Crippen molar-refractivity contribution in [1.29, 1.82) is 0 Å². The second-order valence-electron chi connectivity index (χ2n) is 5.73. The van der Waals surface area contributed by atoms with Crippen LogP contribution in [0.25, 0.3) is 6.08 Å². The predicted molar refractivity (Wildman–Crippen MR) is 102 cm³/mol. The van der Waals surface area contributed by atoms with Crippen molar-refractivity contribution >= 4 is 46.8 Å². The second-order valence-corrected chi connectivity index (χ2v) is 6.11. The summed E-state index contributed by atoms with van der Waals surface area (Å²) in [4.78, 5) is 28.2. The summed E-state index contributed by atoms with van der Waals surface area (Å²) in [6.07, 6.45) is 1.41. The molecule has 8 heteroatoms. The van der Waals surface area contributed by atoms with Crippen LogP contribution in [0, 0.1) is 0 Å². The van der Waals surface area contributed by atoms with Gasteiger partial charge in [0.1, 0.15) is 17.1 Å². The lowest BCUT2D eigenvalue weighted by molar-refractivity contribution is -0.122. The van der Waals surface area contributed by atoms with Gasteiger partial charge in [-0.1, -0.05) is 0 Å². The summed E-state index contributed by atoms with van der Waals surface area (Å²) in [5, 5.41) is 2.56. The molecule has 0 aliphatic carbocycles. The molecule has 7 nitrogen and oxygen atoms in total. The number of carbonyl (C=O) groups excluding carboxylic acids is 2. The zero-order valence-corrected chi connectivity index (χ0v) is 15.3. The summed E-state index contributed by atoms with van der Waals surface area (Å²) in [5.41, 5.74) is 0.467. The Bertz CT molecular complexity index is 899. The van der Waals surface area contributed by atoms with Gasteiger partial charge >= 0.3 is 0 Å². The zero-order valence-electron chi connectivity index (χ0n) is 14.5. The fourth-order valence-electron chi connectivity index (χ4n) is 2.43. The van der Waals surface area contributed by atoms with Crippen molar-refractivity contribution in [2.75, 3.05) is 31.0 Å². The van der Waals surface area contributed by atoms with Crippen LogP contribution in [0.1, 0.15) is 5.76 Å². The van der Waals surface area contributed by atoms with E-state index in [1.165, 1.54) is 11.0 Å². The first-order chi connectivity index (χ1) is 12.4. The average molecular weight is 371 g/mol. The van der Waals surface area contributed by atoms with Crippen LogP contribution >= 0.6 is 12.2 Å². The average Bonchev–Trinajstić information content (AvgIpc) is 3.08. The summed E-state index contributed by atoms with van der Waals surface area (Å²) in [5.74, 6) is 0.577. The molecule has 2 amide bonds. The van der Waals surface area contributed by atoms with E-state index in [1.54, 1.807) is 48.4 Å². The molecule has 1 aliphatic rings. The van der Waals surface area contributed by atoms with Gasteiger partial charge in [-0.15, -0.1) is 0 Å². The first kappa shape index (κ1) is 17.7. The van der Waals surface area contributed by atoms with Gasteiger partial charge in [-0.05, 0) is 48.6 Å². The molecule has 134 valence electrons. The number of methoxy groups -OCH3 is 1. The molecular weight excluding hydrogens is 354 g/mol. The fourth-order valence-corrected chi connectivity index (χ4v) is 2.71. The topological polar surface area (TPSA) is 75.0 Å². The minimum atomic E-state index is -0.562. The van der Waals surface area contributed by atoms with Gasteiger partial charge in [0.25, 0.3) is 11.8 Å². The molecule has 1 aromatic heterocycles. The lowest BCUT2D eigenvalue weighted by Crippen LogP contribution is -2.54. The molecule has 2 aromatic rings. The van der Waals surface area contributed by atoms with Crippen LogP contribution < -0.4 is 19.9 Å². The number of thiocarbonyl (C=S) groups is 1. The zero-order chi connectivity index (χ0) is 18.8. The SMILES string of the molecule is COc1ccc(N2C(=O)/C(=C/c3ccc(N(C)C)o3)C(=O)NC2=S)cc1. The number of carbonyl (C=O) groups is 2. The largest absolute Gasteiger partial charge is 0.497 e. The van der Waals surface area contributed by atoms with Gasteiger partial charge in [-0.3, -0.25) is 19.8 Å². The van der Waals surface area contributed by atoms with Crippen LogP contribution in [0.3, 0.4) is 0 Å². The molecule has 1 fully saturated rings. The summed E-state index contributed by atoms with van der Waals surface area (Å²) in [6, 6.07) is 10.2. The molecular formula is C18H17N3O4S. The van der Waals surface area contributed by atoms with Gasteiger partial charge in [-0.2, -0.15) is 0 Å². The number of amides is 2. The summed E-state index contributed by atoms with van der Waals surface area (Å²) >= 11 is 5.16. The van der Waals surface area contributed by atoms with E-state index in [9.17, 15) is 9.59 Å². The maximum atomic E-state index is 12.9. The third-order valence-electron chi connectivity index (χ3n) is 3.77. The predicted octanol–water partition coefficient (Wildman–Crippen LogP) is 2.19. The van der Waals surface area contributed by atoms with E-state index in [2.05, 4.69) is 5.32 Å². The number of anilines is 2. The van der Waals surface area contributed by atoms with Gasteiger partial charge in [0.05, 0.1) is 12.8 Å². The maximum absolute atomic E-state index is 12.9. The van der Waals surface area contributed by atoms with Crippen LogP contribution in [0.5, 0.6) is 5.75 Å². The van der Waals surface area contributed by atoms with Crippen molar-refractivity contribution < 1.29 is 18.7 Å². The number of benzene rings is 1. The number of hydrogen-bond acceptors (Lipinski definition) is 6. The number of nitrogens with zero attached hydrogens (tertiary/aromatic N) is 2. The smallest absolute Gasteiger partial charge is 0.270 e. The van der Waals surface area contributed by atoms with E-state index in [4.69, 9.17) is 21.4 Å². The van der Waals surface area contributed by atoms with Crippen molar-refractivity contribution in [3.05, 3.63) is 47.7 Å². The van der Waals surface area contributed by atoms with E-state index in [0.29, 0.717) is 23.1 Å². The number of rotatable bonds is 4. The van der Waals surface area contributed by atoms with Gasteiger partial charge in [-0.25, -0.2) is 0 Å². The quantitative estimate of drug-likeness (QED) is 0.504. The Morgan fingerprint density at radius 3 is 2.42 bits per heavy atom. The Morgan fingerprint density at radius 1 is 1.15 bits per heavy atom. The summed E-state index contributed by atoms with van der Waals surface area (Å²) in [7, 11) is 5.22. The molecule has 26 heavy (non-hydrogen) atoms. The lowest BCUT2D eigenvalue weighted by Gasteiger charge is -2.28. The summed E-state index contributed by atoms with van der Waals surface area (Å²) in [6.45, 7) is 0. The first-order valence-electron chi connectivity index (χ1n) is 7.73. The van der Waals surface area contributed by atoms with Crippen molar-refractivity contribution in [3.8, 4) is 5.75 Å². The molecule has 0 saturated carbocycles. The van der Waals surface area contributed by atoms with Gasteiger partial charge < -0.3 is 14.1 Å². The highest BCUT2D eigenvalue weighted by Gasteiger charge is 2.34. The van der Waals surface area contributed by atoms with Crippen LogP contribution in [0.15, 0.2) is 46.4 Å². The first-order valence-corrected chi connectivity index (χ1v) is 8.14. The van der Waals surface area contributed by atoms with E-state index >= 15 is 0 Å². The highest BCUT2D eigenvalue weighted by Crippen LogP contribution is 2.25. The Labute approximate surface area is 155 Å². The van der Waals surface area contributed by atoms with Crippen LogP contribution in [-0.4, -0.2) is 38.1 Å². The molecule has 1 aliphatic heterocycles. The lowest BCUT2D eigenvalue weighted by atomic mass is 10.1. The van der Waals surface area contributed by atoms with Gasteiger partial charge in [0, 0.05) is 20.2 Å². The van der Waals surface area contributed by atoms with Crippen molar-refractivity contribution in [1.82, 2.24) is 5.32 Å². The molecule has 0 bridgehead atoms. The second kappa shape index (κ2) is 7.01. The highest BCUT2D eigenvalue weighted by atomic mass is 32.1. The monoisotopic (exact) mass is 371 g/mol. The minimum Gasteiger partial charge on any atom is -0.497 e. The number of furan rings is 1. The summed E-state index contributed by atoms with van der Waals surface area (Å²) < 4.78 is 10.7. The standard InChI is InChI=1S/C18H17N3O4S/c1-20(2)15-9-8-13(25-15)10-14-16(22)19-18(26)21(17(14)23)11-4-6-12(24-3)7-5-11/h4-10H,1-3H3,(H,19,22,26)/b14-10+. The van der Waals surface area contributed by atoms with E-state index in [-0.39, 0.29) is 10.7 Å². The molecule has 1 aromatic carbocycles. The van der Waals surface area contributed by atoms with Gasteiger partial charge in [0.15, 0.2) is 11.0 Å². The Morgan fingerprint density at radius 2 is 1.85 bits per heavy atom. The molecule has 0 atom stereocenters. The third kappa shape index (κ3) is 3.31. The third-order valence-corrected chi connectivity index (χ3v) is 4.06. The van der Waals surface area contributed by atoms with Crippen LogP contribution in [0.2, 0.25) is 0 Å². The Hall–Kier alpha value is -3.13. The number of nitrogens with one attached hydrogen (secondary N) is 1. The number of hydrogen-bond donors (Lipinski definition) is 1. The highest BCUT2D eigenvalue weighted by molar-refractivity contribution is 7.80. The Balaban J connectivity index is 1.95. The van der Waals surface area contributed by atoms with E-state index in [0.717, 1.165) is 0 Å². The van der Waals surface area contributed by atoms with Crippen LogP contribution in [-0.2, 0) is 9.59 Å². The molecule has 0 radical (unpaired) electrons. The number of ether oxygens (including phenoxy) is 1. The maximum Gasteiger partial charge on any atom is 0.270 e. The van der Waals surface area contributed by atoms with Gasteiger partial charge in [0.2, 0.25) is 0 Å². The van der Waals surface area contributed by atoms with E-state index < -0.39 is 11.8 Å². The van der Waals surface area contributed by atoms with E-state index in [1.807, 2.05) is 14.1 Å². The van der Waals surface area contributed by atoms with Crippen molar-refractivity contribution in [2.24, 2.45) is 0 Å². The van der Waals surface area contributed by atoms with Crippen LogP contribution in [0.4, 0.5) is 11.6 Å². The molecule has 0 spiro atoms. The minimum absolute atomic E-state index is 0.0238. The van der Waals surface area contributed by atoms with Crippen molar-refractivity contribution in [2.45, 2.75) is 0 Å². The van der Waals surface area contributed by atoms with Crippen molar-refractivity contribution in [3.63, 3.8) is 0 Å². The molecule has 0 unspecified atom stereocenters. The Kier molecular flexibility index (Phi) is 4.77. The molecule has 1 saturated heterocycles. The molecule has 3 rings (SSSR count). The normalized spacial score (nSPS) is 16.0. The molecule has 1 N–H and O–H groups in total. The molecule has 2 heterocycles.